The van der Waals surface area contributed by atoms with Crippen molar-refractivity contribution in [3.8, 4) is 0 Å². The van der Waals surface area contributed by atoms with E-state index in [0.29, 0.717) is 17.4 Å². The van der Waals surface area contributed by atoms with Crippen LogP contribution in [0.25, 0.3) is 0 Å². The number of piperidine rings is 1. The number of halogens is 1. The van der Waals surface area contributed by atoms with Gasteiger partial charge in [0.1, 0.15) is 0 Å². The zero-order valence-electron chi connectivity index (χ0n) is 13.6. The van der Waals surface area contributed by atoms with Crippen molar-refractivity contribution in [2.45, 2.75) is 38.1 Å². The summed E-state index contributed by atoms with van der Waals surface area (Å²) in [5, 5.41) is 0. The van der Waals surface area contributed by atoms with Crippen LogP contribution in [0, 0.1) is 11.2 Å². The first-order chi connectivity index (χ1) is 11.2. The number of anilines is 1. The highest BCUT2D eigenvalue weighted by molar-refractivity contribution is 5.30. The fourth-order valence-electron chi connectivity index (χ4n) is 4.51. The van der Waals surface area contributed by atoms with E-state index in [4.69, 9.17) is 4.74 Å². The van der Waals surface area contributed by atoms with Crippen LogP contribution in [0.3, 0.4) is 0 Å². The third kappa shape index (κ3) is 3.19. The average Bonchev–Trinajstić information content (AvgIpc) is 3.00. The van der Waals surface area contributed by atoms with Crippen LogP contribution in [0.4, 0.5) is 10.3 Å². The predicted octanol–water partition coefficient (Wildman–Crippen LogP) is 2.09. The molecule has 3 aliphatic rings. The summed E-state index contributed by atoms with van der Waals surface area (Å²) in [7, 11) is 0. The number of likely N-dealkylation sites (tertiary alicyclic amines) is 1. The molecule has 6 heteroatoms. The van der Waals surface area contributed by atoms with Crippen LogP contribution in [0.2, 0.25) is 0 Å². The average molecular weight is 320 g/mol. The zero-order chi connectivity index (χ0) is 15.7. The van der Waals surface area contributed by atoms with E-state index in [1.807, 2.05) is 0 Å². The highest BCUT2D eigenvalue weighted by atomic mass is 19.1. The van der Waals surface area contributed by atoms with Gasteiger partial charge in [-0.2, -0.15) is 0 Å². The predicted molar refractivity (Wildman–Crippen MR) is 85.9 cm³/mol. The van der Waals surface area contributed by atoms with Gasteiger partial charge in [-0.3, -0.25) is 4.90 Å². The number of hydrogen-bond donors (Lipinski definition) is 0. The van der Waals surface area contributed by atoms with E-state index < -0.39 is 0 Å². The Morgan fingerprint density at radius 1 is 1.09 bits per heavy atom. The number of hydrogen-bond acceptors (Lipinski definition) is 5. The summed E-state index contributed by atoms with van der Waals surface area (Å²) in [6.45, 7) is 6.16. The quantitative estimate of drug-likeness (QED) is 0.834. The number of ether oxygens (including phenoxy) is 1. The minimum atomic E-state index is -0.368. The first kappa shape index (κ1) is 15.3. The Hall–Kier alpha value is -1.27. The molecule has 1 aromatic rings. The highest BCUT2D eigenvalue weighted by Gasteiger charge is 2.43. The molecule has 0 radical (unpaired) electrons. The minimum Gasteiger partial charge on any atom is -0.381 e. The Labute approximate surface area is 136 Å². The van der Waals surface area contributed by atoms with E-state index in [9.17, 15) is 4.39 Å². The van der Waals surface area contributed by atoms with E-state index in [0.717, 1.165) is 26.3 Å². The maximum absolute atomic E-state index is 13.0. The van der Waals surface area contributed by atoms with Crippen molar-refractivity contribution in [1.82, 2.24) is 14.9 Å². The molecule has 23 heavy (non-hydrogen) atoms. The molecule has 0 bridgehead atoms. The van der Waals surface area contributed by atoms with Gasteiger partial charge in [0.25, 0.3) is 0 Å². The maximum atomic E-state index is 13.0. The number of rotatable bonds is 2. The third-order valence-electron chi connectivity index (χ3n) is 5.73. The Kier molecular flexibility index (Phi) is 4.20. The molecule has 1 atom stereocenters. The van der Waals surface area contributed by atoms with E-state index in [1.54, 1.807) is 0 Å². The van der Waals surface area contributed by atoms with Gasteiger partial charge in [0.15, 0.2) is 5.82 Å². The summed E-state index contributed by atoms with van der Waals surface area (Å²) in [5.74, 6) is 0.307. The van der Waals surface area contributed by atoms with Crippen LogP contribution in [0.15, 0.2) is 12.4 Å². The third-order valence-corrected chi connectivity index (χ3v) is 5.73. The van der Waals surface area contributed by atoms with Crippen LogP contribution in [0.1, 0.15) is 32.1 Å². The van der Waals surface area contributed by atoms with Crippen LogP contribution in [-0.2, 0) is 4.74 Å². The minimum absolute atomic E-state index is 0.355. The second-order valence-electron chi connectivity index (χ2n) is 7.29. The number of aromatic nitrogens is 2. The Bertz CT molecular complexity index is 534. The molecular weight excluding hydrogens is 295 g/mol. The molecule has 1 aromatic heterocycles. The Balaban J connectivity index is 1.43. The molecule has 4 rings (SSSR count). The summed E-state index contributed by atoms with van der Waals surface area (Å²) in [4.78, 5) is 13.3. The lowest BCUT2D eigenvalue weighted by molar-refractivity contribution is 0.0375. The zero-order valence-corrected chi connectivity index (χ0v) is 13.6. The number of nitrogens with zero attached hydrogens (tertiary/aromatic N) is 4. The molecule has 3 fully saturated rings. The van der Waals surface area contributed by atoms with E-state index in [1.165, 1.54) is 57.6 Å². The fraction of sp³-hybridized carbons (Fsp3) is 0.765. The molecule has 0 aliphatic carbocycles. The molecular formula is C17H25FN4O. The normalized spacial score (nSPS) is 30.2. The molecule has 126 valence electrons. The maximum Gasteiger partial charge on any atom is 0.225 e. The van der Waals surface area contributed by atoms with Crippen molar-refractivity contribution in [1.29, 1.82) is 0 Å². The Morgan fingerprint density at radius 3 is 2.65 bits per heavy atom. The first-order valence-corrected chi connectivity index (χ1v) is 8.78. The lowest BCUT2D eigenvalue weighted by atomic mass is 9.79. The molecule has 0 aromatic carbocycles. The van der Waals surface area contributed by atoms with Gasteiger partial charge in [-0.1, -0.05) is 0 Å². The van der Waals surface area contributed by atoms with Crippen LogP contribution in [0.5, 0.6) is 0 Å². The van der Waals surface area contributed by atoms with Gasteiger partial charge in [0.2, 0.25) is 5.95 Å². The first-order valence-electron chi connectivity index (χ1n) is 8.78. The van der Waals surface area contributed by atoms with Gasteiger partial charge < -0.3 is 9.64 Å². The molecule has 0 saturated carbocycles. The molecule has 4 heterocycles. The van der Waals surface area contributed by atoms with Gasteiger partial charge >= 0.3 is 0 Å². The van der Waals surface area contributed by atoms with E-state index in [-0.39, 0.29) is 5.82 Å². The van der Waals surface area contributed by atoms with Gasteiger partial charge in [-0.05, 0) is 38.6 Å². The smallest absolute Gasteiger partial charge is 0.225 e. The molecule has 0 amide bonds. The monoisotopic (exact) mass is 320 g/mol. The SMILES string of the molecule is Fc1cnc(N2CCCC3(CCN(C4CCOCC4)C3)C2)nc1. The van der Waals surface area contributed by atoms with Gasteiger partial charge in [-0.15, -0.1) is 0 Å². The molecule has 1 spiro atoms. The van der Waals surface area contributed by atoms with Crippen molar-refractivity contribution in [3.05, 3.63) is 18.2 Å². The standard InChI is InChI=1S/C17H25FN4O/c18-14-10-19-16(20-11-14)22-6-1-4-17(13-22)5-7-21(12-17)15-2-8-23-9-3-15/h10-11,15H,1-9,12-13H2. The summed E-state index contributed by atoms with van der Waals surface area (Å²) in [6.07, 6.45) is 8.58. The second kappa shape index (κ2) is 6.32. The molecule has 3 saturated heterocycles. The van der Waals surface area contributed by atoms with Crippen molar-refractivity contribution in [3.63, 3.8) is 0 Å². The molecule has 0 N–H and O–H groups in total. The van der Waals surface area contributed by atoms with Crippen molar-refractivity contribution < 1.29 is 9.13 Å². The van der Waals surface area contributed by atoms with E-state index in [2.05, 4.69) is 19.8 Å². The second-order valence-corrected chi connectivity index (χ2v) is 7.29. The van der Waals surface area contributed by atoms with Crippen molar-refractivity contribution in [2.24, 2.45) is 5.41 Å². The largest absolute Gasteiger partial charge is 0.381 e. The lowest BCUT2D eigenvalue weighted by Gasteiger charge is -2.41. The highest BCUT2D eigenvalue weighted by Crippen LogP contribution is 2.41. The van der Waals surface area contributed by atoms with E-state index >= 15 is 0 Å². The molecule has 3 aliphatic heterocycles. The summed E-state index contributed by atoms with van der Waals surface area (Å²) < 4.78 is 18.5. The summed E-state index contributed by atoms with van der Waals surface area (Å²) in [5.41, 5.74) is 0.355. The van der Waals surface area contributed by atoms with Gasteiger partial charge in [0.05, 0.1) is 12.4 Å². The molecule has 1 unspecified atom stereocenters. The van der Waals surface area contributed by atoms with Crippen molar-refractivity contribution in [2.75, 3.05) is 44.3 Å². The summed E-state index contributed by atoms with van der Waals surface area (Å²) in [6, 6.07) is 0.695. The van der Waals surface area contributed by atoms with Crippen LogP contribution in [-0.4, -0.2) is 60.3 Å². The van der Waals surface area contributed by atoms with Crippen molar-refractivity contribution >= 4 is 5.95 Å². The topological polar surface area (TPSA) is 41.5 Å². The van der Waals surface area contributed by atoms with Gasteiger partial charge in [0, 0.05) is 44.3 Å². The van der Waals surface area contributed by atoms with Gasteiger partial charge in [-0.25, -0.2) is 14.4 Å². The summed E-state index contributed by atoms with van der Waals surface area (Å²) >= 11 is 0. The molecule has 5 nitrogen and oxygen atoms in total. The Morgan fingerprint density at radius 2 is 1.87 bits per heavy atom. The lowest BCUT2D eigenvalue weighted by Crippen LogP contribution is -2.47. The fourth-order valence-corrected chi connectivity index (χ4v) is 4.51. The van der Waals surface area contributed by atoms with Crippen LogP contribution < -0.4 is 4.90 Å². The van der Waals surface area contributed by atoms with Crippen LogP contribution >= 0.6 is 0 Å².